The lowest BCUT2D eigenvalue weighted by atomic mass is 9.93. The van der Waals surface area contributed by atoms with E-state index in [2.05, 4.69) is 26.0 Å². The molecule has 1 aromatic rings. The van der Waals surface area contributed by atoms with Gasteiger partial charge in [0, 0.05) is 0 Å². The van der Waals surface area contributed by atoms with Crippen molar-refractivity contribution >= 4 is 5.97 Å². The van der Waals surface area contributed by atoms with Crippen molar-refractivity contribution in [1.29, 1.82) is 0 Å². The molecular formula is C14H18O2. The van der Waals surface area contributed by atoms with Gasteiger partial charge in [-0.2, -0.15) is 0 Å². The van der Waals surface area contributed by atoms with E-state index in [-0.39, 0.29) is 18.0 Å². The van der Waals surface area contributed by atoms with Gasteiger partial charge < -0.3 is 4.74 Å². The first-order valence-corrected chi connectivity index (χ1v) is 5.91. The van der Waals surface area contributed by atoms with E-state index in [9.17, 15) is 4.79 Å². The van der Waals surface area contributed by atoms with Gasteiger partial charge in [0.15, 0.2) is 0 Å². The summed E-state index contributed by atoms with van der Waals surface area (Å²) in [6, 6.07) is 10.1. The maximum Gasteiger partial charge on any atom is 0.309 e. The molecule has 0 aliphatic carbocycles. The lowest BCUT2D eigenvalue weighted by molar-refractivity contribution is -0.145. The van der Waals surface area contributed by atoms with Crippen LogP contribution in [0.4, 0.5) is 0 Å². The molecule has 0 N–H and O–H groups in total. The summed E-state index contributed by atoms with van der Waals surface area (Å²) in [5, 5.41) is 0. The van der Waals surface area contributed by atoms with Gasteiger partial charge in [0.25, 0.3) is 0 Å². The van der Waals surface area contributed by atoms with E-state index in [1.54, 1.807) is 0 Å². The molecule has 16 heavy (non-hydrogen) atoms. The van der Waals surface area contributed by atoms with Crippen LogP contribution in [-0.2, 0) is 16.0 Å². The van der Waals surface area contributed by atoms with E-state index in [0.717, 1.165) is 12.8 Å². The summed E-state index contributed by atoms with van der Waals surface area (Å²) in [4.78, 5) is 11.7. The SMILES string of the molecule is CC(C)[C@H]1C[C@@H](Cc2ccccc2)C(=O)O1. The first kappa shape index (κ1) is 11.2. The number of ether oxygens (including phenoxy) is 1. The first-order valence-electron chi connectivity index (χ1n) is 5.91. The summed E-state index contributed by atoms with van der Waals surface area (Å²) in [7, 11) is 0. The maximum atomic E-state index is 11.7. The Morgan fingerprint density at radius 3 is 2.56 bits per heavy atom. The Morgan fingerprint density at radius 2 is 2.00 bits per heavy atom. The minimum Gasteiger partial charge on any atom is -0.462 e. The number of hydrogen-bond acceptors (Lipinski definition) is 2. The van der Waals surface area contributed by atoms with Gasteiger partial charge in [-0.15, -0.1) is 0 Å². The van der Waals surface area contributed by atoms with Crippen LogP contribution in [0.25, 0.3) is 0 Å². The molecule has 0 radical (unpaired) electrons. The lowest BCUT2D eigenvalue weighted by Crippen LogP contribution is -2.13. The molecule has 0 aromatic heterocycles. The van der Waals surface area contributed by atoms with E-state index in [1.807, 2.05) is 18.2 Å². The van der Waals surface area contributed by atoms with Gasteiger partial charge in [-0.25, -0.2) is 0 Å². The van der Waals surface area contributed by atoms with Crippen molar-refractivity contribution in [3.8, 4) is 0 Å². The maximum absolute atomic E-state index is 11.7. The van der Waals surface area contributed by atoms with Crippen LogP contribution in [0.15, 0.2) is 30.3 Å². The van der Waals surface area contributed by atoms with Crippen LogP contribution in [0, 0.1) is 11.8 Å². The number of carbonyl (C=O) groups is 1. The molecule has 0 unspecified atom stereocenters. The van der Waals surface area contributed by atoms with Crippen molar-refractivity contribution in [2.24, 2.45) is 11.8 Å². The molecule has 2 atom stereocenters. The van der Waals surface area contributed by atoms with Crippen molar-refractivity contribution < 1.29 is 9.53 Å². The molecule has 1 aromatic carbocycles. The highest BCUT2D eigenvalue weighted by molar-refractivity contribution is 5.75. The predicted molar refractivity (Wildman–Crippen MR) is 63.0 cm³/mol. The van der Waals surface area contributed by atoms with E-state index >= 15 is 0 Å². The molecule has 0 spiro atoms. The number of carbonyl (C=O) groups excluding carboxylic acids is 1. The van der Waals surface area contributed by atoms with Crippen LogP contribution in [0.1, 0.15) is 25.8 Å². The van der Waals surface area contributed by atoms with Gasteiger partial charge in [0.2, 0.25) is 0 Å². The van der Waals surface area contributed by atoms with Crippen molar-refractivity contribution in [3.05, 3.63) is 35.9 Å². The molecule has 86 valence electrons. The third kappa shape index (κ3) is 2.43. The van der Waals surface area contributed by atoms with Crippen molar-refractivity contribution in [2.45, 2.75) is 32.8 Å². The molecule has 2 rings (SSSR count). The van der Waals surface area contributed by atoms with Gasteiger partial charge in [0.05, 0.1) is 5.92 Å². The fourth-order valence-electron chi connectivity index (χ4n) is 2.14. The zero-order valence-electron chi connectivity index (χ0n) is 9.85. The summed E-state index contributed by atoms with van der Waals surface area (Å²) in [5.74, 6) is 0.446. The fraction of sp³-hybridized carbons (Fsp3) is 0.500. The summed E-state index contributed by atoms with van der Waals surface area (Å²) in [6.45, 7) is 4.20. The van der Waals surface area contributed by atoms with Crippen LogP contribution in [-0.4, -0.2) is 12.1 Å². The Kier molecular flexibility index (Phi) is 3.28. The monoisotopic (exact) mass is 218 g/mol. The third-order valence-electron chi connectivity index (χ3n) is 3.19. The van der Waals surface area contributed by atoms with Crippen LogP contribution < -0.4 is 0 Å². The molecule has 1 saturated heterocycles. The molecule has 2 nitrogen and oxygen atoms in total. The van der Waals surface area contributed by atoms with Crippen LogP contribution in [0.3, 0.4) is 0 Å². The molecule has 0 amide bonds. The molecule has 0 bridgehead atoms. The zero-order valence-corrected chi connectivity index (χ0v) is 9.85. The third-order valence-corrected chi connectivity index (χ3v) is 3.19. The Bertz CT molecular complexity index is 356. The smallest absolute Gasteiger partial charge is 0.309 e. The second kappa shape index (κ2) is 4.69. The molecule has 1 fully saturated rings. The van der Waals surface area contributed by atoms with Gasteiger partial charge in [-0.05, 0) is 24.3 Å². The van der Waals surface area contributed by atoms with Gasteiger partial charge >= 0.3 is 5.97 Å². The molecule has 0 saturated carbocycles. The van der Waals surface area contributed by atoms with Crippen LogP contribution in [0.2, 0.25) is 0 Å². The average molecular weight is 218 g/mol. The van der Waals surface area contributed by atoms with E-state index in [4.69, 9.17) is 4.74 Å². The summed E-state index contributed by atoms with van der Waals surface area (Å²) >= 11 is 0. The second-order valence-electron chi connectivity index (χ2n) is 4.84. The number of rotatable bonds is 3. The molecule has 1 aliphatic heterocycles. The second-order valence-corrected chi connectivity index (χ2v) is 4.84. The molecule has 1 aliphatic rings. The van der Waals surface area contributed by atoms with Gasteiger partial charge in [-0.1, -0.05) is 44.2 Å². The average Bonchev–Trinajstić information content (AvgIpc) is 2.62. The number of benzene rings is 1. The van der Waals surface area contributed by atoms with Crippen molar-refractivity contribution in [2.75, 3.05) is 0 Å². The Balaban J connectivity index is 1.99. The van der Waals surface area contributed by atoms with Crippen molar-refractivity contribution in [3.63, 3.8) is 0 Å². The Labute approximate surface area is 96.6 Å². The fourth-order valence-corrected chi connectivity index (χ4v) is 2.14. The zero-order chi connectivity index (χ0) is 11.5. The summed E-state index contributed by atoms with van der Waals surface area (Å²) in [6.07, 6.45) is 1.79. The van der Waals surface area contributed by atoms with Crippen LogP contribution in [0.5, 0.6) is 0 Å². The summed E-state index contributed by atoms with van der Waals surface area (Å²) < 4.78 is 5.37. The standard InChI is InChI=1S/C14H18O2/c1-10(2)13-9-12(14(15)16-13)8-11-6-4-3-5-7-11/h3-7,10,12-13H,8-9H2,1-2H3/t12-,13-/m1/s1. The number of esters is 1. The molecule has 2 heteroatoms. The lowest BCUT2D eigenvalue weighted by Gasteiger charge is -2.11. The quantitative estimate of drug-likeness (QED) is 0.729. The highest BCUT2D eigenvalue weighted by Gasteiger charge is 2.35. The Hall–Kier alpha value is -1.31. The minimum atomic E-state index is -0.0254. The highest BCUT2D eigenvalue weighted by Crippen LogP contribution is 2.28. The Morgan fingerprint density at radius 1 is 1.31 bits per heavy atom. The predicted octanol–water partition coefficient (Wildman–Crippen LogP) is 2.82. The number of cyclic esters (lactones) is 1. The van der Waals surface area contributed by atoms with Crippen molar-refractivity contribution in [1.82, 2.24) is 0 Å². The first-order chi connectivity index (χ1) is 7.66. The van der Waals surface area contributed by atoms with Gasteiger partial charge in [0.1, 0.15) is 6.10 Å². The van der Waals surface area contributed by atoms with E-state index in [1.165, 1.54) is 5.56 Å². The minimum absolute atomic E-state index is 0.0254. The summed E-state index contributed by atoms with van der Waals surface area (Å²) in [5.41, 5.74) is 1.22. The van der Waals surface area contributed by atoms with Gasteiger partial charge in [-0.3, -0.25) is 4.79 Å². The largest absolute Gasteiger partial charge is 0.462 e. The molecular weight excluding hydrogens is 200 g/mol. The van der Waals surface area contributed by atoms with Crippen LogP contribution >= 0.6 is 0 Å². The molecule has 1 heterocycles. The van der Waals surface area contributed by atoms with E-state index < -0.39 is 0 Å². The highest BCUT2D eigenvalue weighted by atomic mass is 16.6. The topological polar surface area (TPSA) is 26.3 Å². The number of hydrogen-bond donors (Lipinski definition) is 0. The normalized spacial score (nSPS) is 24.8. The van der Waals surface area contributed by atoms with E-state index in [0.29, 0.717) is 5.92 Å².